The minimum absolute atomic E-state index is 0. The third-order valence-corrected chi connectivity index (χ3v) is 7.71. The second-order valence-corrected chi connectivity index (χ2v) is 9.79. The first-order valence-electron chi connectivity index (χ1n) is 12.1. The molecule has 0 bridgehead atoms. The minimum atomic E-state index is 0. The molecule has 3 aromatic carbocycles. The van der Waals surface area contributed by atoms with E-state index in [4.69, 9.17) is 0 Å². The summed E-state index contributed by atoms with van der Waals surface area (Å²) >= 11 is 0. The van der Waals surface area contributed by atoms with Crippen molar-refractivity contribution in [1.82, 2.24) is 0 Å². The maximum absolute atomic E-state index is 2.50. The van der Waals surface area contributed by atoms with E-state index in [2.05, 4.69) is 55.5 Å². The molecule has 1 heteroatoms. The van der Waals surface area contributed by atoms with Crippen LogP contribution in [0.1, 0.15) is 86.8 Å². The summed E-state index contributed by atoms with van der Waals surface area (Å²) < 4.78 is 0. The van der Waals surface area contributed by atoms with Gasteiger partial charge in [-0.2, -0.15) is 6.07 Å². The molecule has 0 aromatic heterocycles. The summed E-state index contributed by atoms with van der Waals surface area (Å²) in [6, 6.07) is 19.2. The molecule has 0 N–H and O–H groups in total. The van der Waals surface area contributed by atoms with E-state index in [1.54, 1.807) is 11.1 Å². The predicted molar refractivity (Wildman–Crippen MR) is 126 cm³/mol. The quantitative estimate of drug-likeness (QED) is 0.332. The molecule has 0 nitrogen and oxygen atoms in total. The van der Waals surface area contributed by atoms with Crippen molar-refractivity contribution in [3.8, 4) is 11.1 Å². The number of rotatable bonds is 4. The van der Waals surface area contributed by atoms with Crippen molar-refractivity contribution in [3.05, 3.63) is 65.2 Å². The summed E-state index contributed by atoms with van der Waals surface area (Å²) in [5.41, 5.74) is 7.32. The van der Waals surface area contributed by atoms with Crippen molar-refractivity contribution >= 4 is 10.8 Å². The van der Waals surface area contributed by atoms with Gasteiger partial charge in [0.05, 0.1) is 0 Å². The molecule has 0 unspecified atom stereocenters. The molecule has 5 rings (SSSR count). The summed E-state index contributed by atoms with van der Waals surface area (Å²) in [4.78, 5) is 0. The average Bonchev–Trinajstić information content (AvgIpc) is 3.20. The largest absolute Gasteiger partial charge is 0.164 e. The molecule has 2 fully saturated rings. The smallest absolute Gasteiger partial charge is 0 e. The van der Waals surface area contributed by atoms with Gasteiger partial charge in [0, 0.05) is 26.2 Å². The van der Waals surface area contributed by atoms with Crippen molar-refractivity contribution < 1.29 is 26.2 Å². The molecule has 0 atom stereocenters. The molecule has 0 radical (unpaired) electrons. The molecule has 3 aromatic rings. The number of aryl methyl sites for hydroxylation is 1. The van der Waals surface area contributed by atoms with Crippen LogP contribution in [0, 0.1) is 12.8 Å². The molecule has 2 aliphatic rings. The van der Waals surface area contributed by atoms with Gasteiger partial charge in [-0.3, -0.25) is 0 Å². The summed E-state index contributed by atoms with van der Waals surface area (Å²) in [7, 11) is 0. The van der Waals surface area contributed by atoms with Crippen LogP contribution < -0.4 is 0 Å². The molecule has 0 saturated heterocycles. The first-order chi connectivity index (χ1) is 14.3. The molecule has 0 heterocycles. The SMILES string of the molecule is Cc1ccc(-c2ccc(C3CCCCC3)cc2)c2cc(CC3CCCCC3)[cH-]c12.[Zr]. The molecule has 156 valence electrons. The van der Waals surface area contributed by atoms with E-state index < -0.39 is 0 Å². The predicted octanol–water partition coefficient (Wildman–Crippen LogP) is 8.70. The topological polar surface area (TPSA) is 0 Å². The second kappa shape index (κ2) is 10.0. The molecule has 0 aliphatic heterocycles. The van der Waals surface area contributed by atoms with Crippen LogP contribution in [0.25, 0.3) is 21.9 Å². The fourth-order valence-corrected chi connectivity index (χ4v) is 5.97. The van der Waals surface area contributed by atoms with Crippen LogP contribution in [0.15, 0.2) is 48.5 Å². The van der Waals surface area contributed by atoms with Gasteiger partial charge < -0.3 is 0 Å². The Kier molecular flexibility index (Phi) is 7.41. The van der Waals surface area contributed by atoms with Gasteiger partial charge in [-0.15, -0.1) is 34.0 Å². The van der Waals surface area contributed by atoms with Crippen molar-refractivity contribution in [1.29, 1.82) is 0 Å². The molecule has 2 saturated carbocycles. The van der Waals surface area contributed by atoms with E-state index in [9.17, 15) is 0 Å². The number of benzene rings is 2. The summed E-state index contributed by atoms with van der Waals surface area (Å²) in [6.07, 6.45) is 15.4. The number of fused-ring (bicyclic) bond motifs is 1. The van der Waals surface area contributed by atoms with Gasteiger partial charge in [0.2, 0.25) is 0 Å². The molecule has 2 aliphatic carbocycles. The van der Waals surface area contributed by atoms with Crippen molar-refractivity contribution in [2.24, 2.45) is 5.92 Å². The van der Waals surface area contributed by atoms with Crippen LogP contribution in [0.4, 0.5) is 0 Å². The normalized spacial score (nSPS) is 18.4. The first-order valence-corrected chi connectivity index (χ1v) is 12.1. The number of hydrogen-bond donors (Lipinski definition) is 0. The van der Waals surface area contributed by atoms with Crippen molar-refractivity contribution in [2.45, 2.75) is 83.5 Å². The van der Waals surface area contributed by atoms with E-state index in [0.29, 0.717) is 0 Å². The molecule has 30 heavy (non-hydrogen) atoms. The second-order valence-electron chi connectivity index (χ2n) is 9.79. The Bertz CT molecular complexity index is 950. The fraction of sp³-hybridized carbons (Fsp3) is 0.483. The first kappa shape index (κ1) is 22.1. The monoisotopic (exact) mass is 473 g/mol. The van der Waals surface area contributed by atoms with Gasteiger partial charge in [-0.25, -0.2) is 0 Å². The van der Waals surface area contributed by atoms with Gasteiger partial charge in [0.1, 0.15) is 0 Å². The Morgan fingerprint density at radius 2 is 1.47 bits per heavy atom. The van der Waals surface area contributed by atoms with E-state index >= 15 is 0 Å². The van der Waals surface area contributed by atoms with Crippen LogP contribution in [0.3, 0.4) is 0 Å². The van der Waals surface area contributed by atoms with Gasteiger partial charge in [-0.05, 0) is 42.2 Å². The average molecular weight is 475 g/mol. The standard InChI is InChI=1S/C29H35.Zr/c1-21-12-17-27(26-15-13-25(14-16-26)24-10-6-3-7-11-24)29-20-23(19-28(21)29)18-22-8-4-2-5-9-22;/h12-17,19-20,22,24H,2-11,18H2,1H3;/q-1;. The summed E-state index contributed by atoms with van der Waals surface area (Å²) in [5.74, 6) is 1.69. The molecule has 0 spiro atoms. The third-order valence-electron chi connectivity index (χ3n) is 7.71. The zero-order valence-electron chi connectivity index (χ0n) is 18.6. The van der Waals surface area contributed by atoms with E-state index in [1.807, 2.05) is 0 Å². The number of hydrogen-bond acceptors (Lipinski definition) is 0. The fourth-order valence-electron chi connectivity index (χ4n) is 5.97. The maximum atomic E-state index is 2.50. The van der Waals surface area contributed by atoms with Crippen LogP contribution in [-0.2, 0) is 32.6 Å². The Hall–Kier alpha value is -1.07. The molecular weight excluding hydrogens is 440 g/mol. The van der Waals surface area contributed by atoms with E-state index in [0.717, 1.165) is 11.8 Å². The summed E-state index contributed by atoms with van der Waals surface area (Å²) in [6.45, 7) is 2.27. The van der Waals surface area contributed by atoms with E-state index in [1.165, 1.54) is 98.1 Å². The van der Waals surface area contributed by atoms with Crippen molar-refractivity contribution in [3.63, 3.8) is 0 Å². The van der Waals surface area contributed by atoms with Gasteiger partial charge in [0.25, 0.3) is 0 Å². The Morgan fingerprint density at radius 1 is 0.800 bits per heavy atom. The summed E-state index contributed by atoms with van der Waals surface area (Å²) in [5, 5.41) is 2.92. The zero-order chi connectivity index (χ0) is 19.6. The zero-order valence-corrected chi connectivity index (χ0v) is 21.0. The van der Waals surface area contributed by atoms with Crippen LogP contribution >= 0.6 is 0 Å². The van der Waals surface area contributed by atoms with Crippen molar-refractivity contribution in [2.75, 3.05) is 0 Å². The Morgan fingerprint density at radius 3 is 2.17 bits per heavy atom. The van der Waals surface area contributed by atoms with Crippen LogP contribution in [-0.4, -0.2) is 0 Å². The van der Waals surface area contributed by atoms with E-state index in [-0.39, 0.29) is 26.2 Å². The van der Waals surface area contributed by atoms with Crippen LogP contribution in [0.5, 0.6) is 0 Å². The Labute approximate surface area is 202 Å². The third kappa shape index (κ3) is 4.72. The Balaban J connectivity index is 0.00000218. The maximum Gasteiger partial charge on any atom is 0 e. The van der Waals surface area contributed by atoms with Gasteiger partial charge in [-0.1, -0.05) is 94.2 Å². The minimum Gasteiger partial charge on any atom is -0.164 e. The van der Waals surface area contributed by atoms with Gasteiger partial charge in [0.15, 0.2) is 0 Å². The molecular formula is C29H35Zr-. The molecule has 0 amide bonds. The van der Waals surface area contributed by atoms with Crippen LogP contribution in [0.2, 0.25) is 0 Å². The van der Waals surface area contributed by atoms with Gasteiger partial charge >= 0.3 is 0 Å².